The van der Waals surface area contributed by atoms with E-state index in [1.807, 2.05) is 30.3 Å². The summed E-state index contributed by atoms with van der Waals surface area (Å²) in [6.45, 7) is -0.0951. The second kappa shape index (κ2) is 4.99. The summed E-state index contributed by atoms with van der Waals surface area (Å²) in [6.07, 6.45) is 2.12. The third kappa shape index (κ3) is 2.97. The molecule has 0 radical (unpaired) electrons. The minimum atomic E-state index is -0.333. The number of amides is 2. The zero-order valence-electron chi connectivity index (χ0n) is 9.02. The van der Waals surface area contributed by atoms with Gasteiger partial charge in [0.2, 0.25) is 0 Å². The molecule has 0 aliphatic heterocycles. The van der Waals surface area contributed by atoms with Gasteiger partial charge in [0.15, 0.2) is 0 Å². The van der Waals surface area contributed by atoms with E-state index >= 15 is 0 Å². The van der Waals surface area contributed by atoms with Gasteiger partial charge in [-0.05, 0) is 18.4 Å². The summed E-state index contributed by atoms with van der Waals surface area (Å²) in [7, 11) is 0. The molecule has 1 atom stereocenters. The predicted molar refractivity (Wildman–Crippen MR) is 61.0 cm³/mol. The molecule has 4 heteroatoms. The van der Waals surface area contributed by atoms with Gasteiger partial charge in [0.25, 0.3) is 0 Å². The Bertz CT molecular complexity index is 349. The van der Waals surface area contributed by atoms with E-state index in [0.29, 0.717) is 6.04 Å². The van der Waals surface area contributed by atoms with Crippen molar-refractivity contribution in [2.75, 3.05) is 6.61 Å². The van der Waals surface area contributed by atoms with Crippen LogP contribution in [-0.2, 0) is 0 Å². The van der Waals surface area contributed by atoms with Crippen molar-refractivity contribution in [1.29, 1.82) is 0 Å². The quantitative estimate of drug-likeness (QED) is 0.713. The molecule has 1 aliphatic carbocycles. The smallest absolute Gasteiger partial charge is 0.315 e. The van der Waals surface area contributed by atoms with E-state index in [1.165, 1.54) is 0 Å². The van der Waals surface area contributed by atoms with E-state index in [9.17, 15) is 9.90 Å². The largest absolute Gasteiger partial charge is 0.394 e. The number of hydrogen-bond donors (Lipinski definition) is 3. The highest BCUT2D eigenvalue weighted by atomic mass is 16.3. The Labute approximate surface area is 94.7 Å². The van der Waals surface area contributed by atoms with Crippen molar-refractivity contribution < 1.29 is 9.90 Å². The van der Waals surface area contributed by atoms with E-state index in [1.54, 1.807) is 0 Å². The molecule has 0 heterocycles. The van der Waals surface area contributed by atoms with Crippen LogP contribution in [-0.4, -0.2) is 23.8 Å². The van der Waals surface area contributed by atoms with Crippen LogP contribution in [0.1, 0.15) is 24.4 Å². The van der Waals surface area contributed by atoms with Gasteiger partial charge in [-0.25, -0.2) is 4.79 Å². The third-order valence-electron chi connectivity index (χ3n) is 2.60. The van der Waals surface area contributed by atoms with Crippen LogP contribution in [0.3, 0.4) is 0 Å². The lowest BCUT2D eigenvalue weighted by Crippen LogP contribution is -2.40. The number of nitrogens with one attached hydrogen (secondary N) is 2. The average Bonchev–Trinajstić information content (AvgIpc) is 3.11. The van der Waals surface area contributed by atoms with E-state index < -0.39 is 0 Å². The molecule has 1 fully saturated rings. The summed E-state index contributed by atoms with van der Waals surface area (Å²) in [5.74, 6) is 0. The van der Waals surface area contributed by atoms with Gasteiger partial charge >= 0.3 is 6.03 Å². The zero-order valence-corrected chi connectivity index (χ0v) is 9.02. The van der Waals surface area contributed by atoms with Gasteiger partial charge in [0.1, 0.15) is 0 Å². The monoisotopic (exact) mass is 220 g/mol. The molecule has 2 rings (SSSR count). The second-order valence-electron chi connectivity index (χ2n) is 4.04. The van der Waals surface area contributed by atoms with E-state index in [4.69, 9.17) is 0 Å². The molecule has 1 aromatic carbocycles. The molecule has 1 aromatic rings. The molecule has 0 bridgehead atoms. The Kier molecular flexibility index (Phi) is 3.41. The third-order valence-corrected chi connectivity index (χ3v) is 2.60. The molecule has 2 amide bonds. The highest BCUT2D eigenvalue weighted by Gasteiger charge is 2.24. The standard InChI is InChI=1S/C12H16N2O2/c15-8-11(9-4-2-1-3-5-9)14-12(16)13-10-6-7-10/h1-5,10-11,15H,6-8H2,(H2,13,14,16)/t11-/m1/s1. The van der Waals surface area contributed by atoms with E-state index in [-0.39, 0.29) is 18.7 Å². The Morgan fingerprint density at radius 3 is 2.62 bits per heavy atom. The van der Waals surface area contributed by atoms with Crippen LogP contribution in [0.4, 0.5) is 4.79 Å². The summed E-state index contributed by atoms with van der Waals surface area (Å²) in [6, 6.07) is 9.25. The van der Waals surface area contributed by atoms with Gasteiger partial charge in [0.05, 0.1) is 12.6 Å². The normalized spacial score (nSPS) is 16.6. The Morgan fingerprint density at radius 1 is 1.38 bits per heavy atom. The maximum absolute atomic E-state index is 11.5. The number of urea groups is 1. The molecule has 1 saturated carbocycles. The summed E-state index contributed by atoms with van der Waals surface area (Å²) in [5, 5.41) is 14.8. The lowest BCUT2D eigenvalue weighted by atomic mass is 10.1. The van der Waals surface area contributed by atoms with Gasteiger partial charge in [-0.15, -0.1) is 0 Å². The first kappa shape index (κ1) is 11.0. The van der Waals surface area contributed by atoms with E-state index in [2.05, 4.69) is 10.6 Å². The molecule has 0 aromatic heterocycles. The van der Waals surface area contributed by atoms with Crippen molar-refractivity contribution in [1.82, 2.24) is 10.6 Å². The fourth-order valence-corrected chi connectivity index (χ4v) is 1.53. The molecule has 0 unspecified atom stereocenters. The first-order valence-corrected chi connectivity index (χ1v) is 5.52. The first-order valence-electron chi connectivity index (χ1n) is 5.52. The Morgan fingerprint density at radius 2 is 2.06 bits per heavy atom. The lowest BCUT2D eigenvalue weighted by Gasteiger charge is -2.17. The van der Waals surface area contributed by atoms with Crippen LogP contribution in [0.2, 0.25) is 0 Å². The zero-order chi connectivity index (χ0) is 11.4. The summed E-state index contributed by atoms with van der Waals surface area (Å²) >= 11 is 0. The summed E-state index contributed by atoms with van der Waals surface area (Å²) in [4.78, 5) is 11.5. The second-order valence-corrected chi connectivity index (χ2v) is 4.04. The number of hydrogen-bond acceptors (Lipinski definition) is 2. The fourth-order valence-electron chi connectivity index (χ4n) is 1.53. The molecule has 3 N–H and O–H groups in total. The predicted octanol–water partition coefficient (Wildman–Crippen LogP) is 1.18. The number of benzene rings is 1. The molecular weight excluding hydrogens is 204 g/mol. The number of carbonyl (C=O) groups excluding carboxylic acids is 1. The van der Waals surface area contributed by atoms with Gasteiger partial charge in [0, 0.05) is 6.04 Å². The van der Waals surface area contributed by atoms with Crippen LogP contribution in [0, 0.1) is 0 Å². The molecule has 0 spiro atoms. The van der Waals surface area contributed by atoms with Crippen molar-refractivity contribution in [3.63, 3.8) is 0 Å². The SMILES string of the molecule is O=C(NC1CC1)N[C@H](CO)c1ccccc1. The molecule has 4 nitrogen and oxygen atoms in total. The lowest BCUT2D eigenvalue weighted by molar-refractivity contribution is 0.216. The summed E-state index contributed by atoms with van der Waals surface area (Å²) in [5.41, 5.74) is 0.913. The van der Waals surface area contributed by atoms with Crippen LogP contribution in [0.15, 0.2) is 30.3 Å². The summed E-state index contributed by atoms with van der Waals surface area (Å²) < 4.78 is 0. The number of aliphatic hydroxyl groups excluding tert-OH is 1. The fraction of sp³-hybridized carbons (Fsp3) is 0.417. The number of carbonyl (C=O) groups is 1. The van der Waals surface area contributed by atoms with Crippen LogP contribution in [0.5, 0.6) is 0 Å². The van der Waals surface area contributed by atoms with E-state index in [0.717, 1.165) is 18.4 Å². The highest BCUT2D eigenvalue weighted by Crippen LogP contribution is 2.18. The Hall–Kier alpha value is -1.55. The van der Waals surface area contributed by atoms with Crippen molar-refractivity contribution in [3.05, 3.63) is 35.9 Å². The molecule has 86 valence electrons. The van der Waals surface area contributed by atoms with Crippen LogP contribution >= 0.6 is 0 Å². The van der Waals surface area contributed by atoms with Crippen LogP contribution < -0.4 is 10.6 Å². The van der Waals surface area contributed by atoms with Crippen molar-refractivity contribution >= 4 is 6.03 Å². The topological polar surface area (TPSA) is 61.4 Å². The van der Waals surface area contributed by atoms with Gasteiger partial charge in [-0.2, -0.15) is 0 Å². The molecule has 0 saturated heterocycles. The molecule has 1 aliphatic rings. The number of rotatable bonds is 4. The van der Waals surface area contributed by atoms with Gasteiger partial charge in [-0.1, -0.05) is 30.3 Å². The highest BCUT2D eigenvalue weighted by molar-refractivity contribution is 5.75. The average molecular weight is 220 g/mol. The van der Waals surface area contributed by atoms with Crippen molar-refractivity contribution in [2.45, 2.75) is 24.9 Å². The maximum Gasteiger partial charge on any atom is 0.315 e. The first-order chi connectivity index (χ1) is 7.79. The van der Waals surface area contributed by atoms with Crippen molar-refractivity contribution in [3.8, 4) is 0 Å². The Balaban J connectivity index is 1.91. The maximum atomic E-state index is 11.5. The van der Waals surface area contributed by atoms with Crippen LogP contribution in [0.25, 0.3) is 0 Å². The van der Waals surface area contributed by atoms with Gasteiger partial charge < -0.3 is 15.7 Å². The molecular formula is C12H16N2O2. The minimum Gasteiger partial charge on any atom is -0.394 e. The number of aliphatic hydroxyl groups is 1. The van der Waals surface area contributed by atoms with Crippen molar-refractivity contribution in [2.24, 2.45) is 0 Å². The van der Waals surface area contributed by atoms with Gasteiger partial charge in [-0.3, -0.25) is 0 Å². The minimum absolute atomic E-state index is 0.0951. The molecule has 16 heavy (non-hydrogen) atoms.